The zero-order valence-electron chi connectivity index (χ0n) is 15.2. The number of benzene rings is 2. The lowest BCUT2D eigenvalue weighted by Gasteiger charge is -2.08. The van der Waals surface area contributed by atoms with Crippen LogP contribution in [0, 0.1) is 0 Å². The lowest BCUT2D eigenvalue weighted by Crippen LogP contribution is -2.23. The molecular formula is C21H18N2O4S. The number of carboxylic acid groups (broad SMARTS) is 1. The van der Waals surface area contributed by atoms with Crippen LogP contribution < -0.4 is 4.74 Å². The molecule has 1 saturated heterocycles. The summed E-state index contributed by atoms with van der Waals surface area (Å²) in [5.41, 5.74) is 1.39. The molecule has 0 radical (unpaired) electrons. The van der Waals surface area contributed by atoms with Crippen molar-refractivity contribution in [3.05, 3.63) is 77.2 Å². The molecule has 0 atom stereocenters. The van der Waals surface area contributed by atoms with Gasteiger partial charge in [0.2, 0.25) is 0 Å². The Bertz CT molecular complexity index is 997. The Morgan fingerprint density at radius 3 is 2.82 bits per heavy atom. The van der Waals surface area contributed by atoms with Crippen LogP contribution in [0.25, 0.3) is 6.08 Å². The van der Waals surface area contributed by atoms with E-state index in [9.17, 15) is 9.59 Å². The summed E-state index contributed by atoms with van der Waals surface area (Å²) in [6.45, 7) is 4.01. The quantitative estimate of drug-likeness (QED) is 0.587. The molecule has 0 aromatic heterocycles. The smallest absolute Gasteiger partial charge is 0.335 e. The lowest BCUT2D eigenvalue weighted by atomic mass is 10.2. The second-order valence-electron chi connectivity index (χ2n) is 5.86. The minimum atomic E-state index is -1.03. The highest BCUT2D eigenvalue weighted by Gasteiger charge is 2.30. The number of amides is 1. The zero-order chi connectivity index (χ0) is 20.1. The molecule has 1 heterocycles. The van der Waals surface area contributed by atoms with E-state index in [1.165, 1.54) is 28.8 Å². The van der Waals surface area contributed by atoms with Gasteiger partial charge in [0.15, 0.2) is 5.17 Å². The number of carbonyl (C=O) groups excluding carboxylic acids is 1. The Labute approximate surface area is 166 Å². The fourth-order valence-electron chi connectivity index (χ4n) is 2.49. The van der Waals surface area contributed by atoms with E-state index in [2.05, 4.69) is 11.6 Å². The second-order valence-corrected chi connectivity index (χ2v) is 6.87. The third-order valence-corrected chi connectivity index (χ3v) is 4.94. The van der Waals surface area contributed by atoms with Gasteiger partial charge in [-0.1, -0.05) is 36.9 Å². The maximum absolute atomic E-state index is 12.6. The van der Waals surface area contributed by atoms with E-state index in [1.54, 1.807) is 31.3 Å². The topological polar surface area (TPSA) is 79.2 Å². The van der Waals surface area contributed by atoms with Crippen molar-refractivity contribution in [1.29, 1.82) is 0 Å². The fraction of sp³-hybridized carbons (Fsp3) is 0.0952. The minimum Gasteiger partial charge on any atom is -0.489 e. The molecule has 3 rings (SSSR count). The Balaban J connectivity index is 1.90. The number of thioether (sulfide) groups is 1. The molecule has 2 aromatic carbocycles. The first-order chi connectivity index (χ1) is 13.5. The van der Waals surface area contributed by atoms with Crippen LogP contribution in [0.4, 0.5) is 5.69 Å². The number of carbonyl (C=O) groups is 2. The summed E-state index contributed by atoms with van der Waals surface area (Å²) in [4.78, 5) is 30.1. The molecule has 0 saturated carbocycles. The predicted molar refractivity (Wildman–Crippen MR) is 111 cm³/mol. The number of carboxylic acids is 1. The van der Waals surface area contributed by atoms with Crippen LogP contribution in [0.1, 0.15) is 15.9 Å². The van der Waals surface area contributed by atoms with Crippen molar-refractivity contribution >= 4 is 40.6 Å². The summed E-state index contributed by atoms with van der Waals surface area (Å²) in [7, 11) is 1.64. The zero-order valence-corrected chi connectivity index (χ0v) is 16.0. The highest BCUT2D eigenvalue weighted by atomic mass is 32.2. The number of nitrogens with zero attached hydrogens (tertiary/aromatic N) is 2. The largest absolute Gasteiger partial charge is 0.489 e. The van der Waals surface area contributed by atoms with Crippen molar-refractivity contribution < 1.29 is 19.4 Å². The van der Waals surface area contributed by atoms with Crippen molar-refractivity contribution in [2.75, 3.05) is 13.7 Å². The lowest BCUT2D eigenvalue weighted by molar-refractivity contribution is -0.121. The third kappa shape index (κ3) is 4.32. The molecule has 0 aliphatic carbocycles. The van der Waals surface area contributed by atoms with Crippen LogP contribution in [0.3, 0.4) is 0 Å². The molecule has 1 aliphatic heterocycles. The van der Waals surface area contributed by atoms with Gasteiger partial charge in [-0.15, -0.1) is 0 Å². The summed E-state index contributed by atoms with van der Waals surface area (Å²) in [6, 6.07) is 13.7. The number of hydrogen-bond acceptors (Lipinski definition) is 5. The van der Waals surface area contributed by atoms with E-state index in [0.29, 0.717) is 28.1 Å². The van der Waals surface area contributed by atoms with Gasteiger partial charge in [-0.05, 0) is 42.1 Å². The molecule has 6 nitrogen and oxygen atoms in total. The molecule has 1 amide bonds. The number of ether oxygens (including phenoxy) is 1. The van der Waals surface area contributed by atoms with Gasteiger partial charge in [0.25, 0.3) is 5.91 Å². The number of amidine groups is 1. The number of aliphatic imine (C=N–C) groups is 1. The van der Waals surface area contributed by atoms with E-state index in [0.717, 1.165) is 5.56 Å². The molecule has 1 N–H and O–H groups in total. The summed E-state index contributed by atoms with van der Waals surface area (Å²) < 4.78 is 5.63. The van der Waals surface area contributed by atoms with Crippen LogP contribution in [-0.4, -0.2) is 40.7 Å². The van der Waals surface area contributed by atoms with Gasteiger partial charge in [0.05, 0.1) is 16.2 Å². The van der Waals surface area contributed by atoms with Crippen molar-refractivity contribution in [1.82, 2.24) is 4.90 Å². The normalized spacial score (nSPS) is 16.6. The van der Waals surface area contributed by atoms with Gasteiger partial charge in [-0.3, -0.25) is 9.69 Å². The van der Waals surface area contributed by atoms with Crippen LogP contribution in [0.15, 0.2) is 71.1 Å². The number of aromatic carboxylic acids is 1. The van der Waals surface area contributed by atoms with E-state index in [4.69, 9.17) is 9.84 Å². The first kappa shape index (κ1) is 19.4. The van der Waals surface area contributed by atoms with Gasteiger partial charge >= 0.3 is 5.97 Å². The summed E-state index contributed by atoms with van der Waals surface area (Å²) in [5.74, 6) is -0.551. The van der Waals surface area contributed by atoms with E-state index in [-0.39, 0.29) is 11.5 Å². The summed E-state index contributed by atoms with van der Waals surface area (Å²) in [5, 5.41) is 9.59. The summed E-state index contributed by atoms with van der Waals surface area (Å²) in [6.07, 6.45) is 3.42. The van der Waals surface area contributed by atoms with Crippen LogP contribution in [0.5, 0.6) is 5.75 Å². The van der Waals surface area contributed by atoms with Crippen molar-refractivity contribution in [2.45, 2.75) is 0 Å². The predicted octanol–water partition coefficient (Wildman–Crippen LogP) is 4.18. The first-order valence-electron chi connectivity index (χ1n) is 8.42. The van der Waals surface area contributed by atoms with Crippen LogP contribution in [-0.2, 0) is 4.79 Å². The average molecular weight is 394 g/mol. The minimum absolute atomic E-state index is 0.142. The van der Waals surface area contributed by atoms with Gasteiger partial charge in [-0.2, -0.15) is 0 Å². The Morgan fingerprint density at radius 1 is 1.29 bits per heavy atom. The van der Waals surface area contributed by atoms with Crippen molar-refractivity contribution in [2.24, 2.45) is 4.99 Å². The number of likely N-dealkylation sites (N-methyl/N-ethyl adjacent to an activating group) is 1. The van der Waals surface area contributed by atoms with E-state index >= 15 is 0 Å². The number of para-hydroxylation sites is 1. The maximum Gasteiger partial charge on any atom is 0.335 e. The second kappa shape index (κ2) is 8.58. The SMILES string of the molecule is C=CCOc1ccccc1/C=C1\SC(=Nc2cccc(C(=O)O)c2)N(C)C1=O. The fourth-order valence-corrected chi connectivity index (χ4v) is 3.47. The number of rotatable bonds is 6. The monoisotopic (exact) mass is 394 g/mol. The molecule has 0 bridgehead atoms. The molecule has 0 unspecified atom stereocenters. The Hall–Kier alpha value is -3.32. The van der Waals surface area contributed by atoms with E-state index in [1.807, 2.05) is 24.3 Å². The summed E-state index contributed by atoms with van der Waals surface area (Å²) >= 11 is 1.23. The molecule has 142 valence electrons. The van der Waals surface area contributed by atoms with Crippen molar-refractivity contribution in [3.8, 4) is 5.75 Å². The molecule has 1 aliphatic rings. The Morgan fingerprint density at radius 2 is 2.07 bits per heavy atom. The van der Waals surface area contributed by atoms with Gasteiger partial charge in [-0.25, -0.2) is 9.79 Å². The Kier molecular flexibility index (Phi) is 5.96. The molecule has 1 fully saturated rings. The molecular weight excluding hydrogens is 376 g/mol. The van der Waals surface area contributed by atoms with E-state index < -0.39 is 5.97 Å². The highest BCUT2D eigenvalue weighted by Crippen LogP contribution is 2.34. The maximum atomic E-state index is 12.6. The third-order valence-electron chi connectivity index (χ3n) is 3.88. The first-order valence-corrected chi connectivity index (χ1v) is 9.23. The highest BCUT2D eigenvalue weighted by molar-refractivity contribution is 8.18. The van der Waals surface area contributed by atoms with Gasteiger partial charge in [0, 0.05) is 12.6 Å². The number of hydrogen-bond donors (Lipinski definition) is 1. The molecule has 28 heavy (non-hydrogen) atoms. The molecule has 2 aromatic rings. The van der Waals surface area contributed by atoms with Crippen LogP contribution >= 0.6 is 11.8 Å². The standard InChI is InChI=1S/C21H18N2O4S/c1-3-11-27-17-10-5-4-7-14(17)13-18-19(24)23(2)21(28-18)22-16-9-6-8-15(12-16)20(25)26/h3-10,12-13H,1,11H2,2H3,(H,25,26)/b18-13-,22-21?. The van der Waals surface area contributed by atoms with Gasteiger partial charge in [0.1, 0.15) is 12.4 Å². The molecule has 0 spiro atoms. The van der Waals surface area contributed by atoms with Crippen molar-refractivity contribution in [3.63, 3.8) is 0 Å². The van der Waals surface area contributed by atoms with Crippen LogP contribution in [0.2, 0.25) is 0 Å². The average Bonchev–Trinajstić information content (AvgIpc) is 2.95. The van der Waals surface area contributed by atoms with Gasteiger partial charge < -0.3 is 9.84 Å². The molecule has 7 heteroatoms.